The van der Waals surface area contributed by atoms with Crippen LogP contribution in [0.3, 0.4) is 0 Å². The highest BCUT2D eigenvalue weighted by Crippen LogP contribution is 2.31. The van der Waals surface area contributed by atoms with E-state index in [2.05, 4.69) is 57.3 Å². The van der Waals surface area contributed by atoms with E-state index in [0.29, 0.717) is 6.04 Å². The van der Waals surface area contributed by atoms with Crippen LogP contribution >= 0.6 is 23.4 Å². The fourth-order valence-electron chi connectivity index (χ4n) is 2.03. The molecule has 1 atom stereocenters. The summed E-state index contributed by atoms with van der Waals surface area (Å²) in [7, 11) is 2.13. The Morgan fingerprint density at radius 3 is 2.55 bits per heavy atom. The van der Waals surface area contributed by atoms with Crippen molar-refractivity contribution in [3.63, 3.8) is 0 Å². The van der Waals surface area contributed by atoms with Crippen LogP contribution in [0.1, 0.15) is 33.3 Å². The van der Waals surface area contributed by atoms with Gasteiger partial charge in [-0.25, -0.2) is 0 Å². The van der Waals surface area contributed by atoms with E-state index in [9.17, 15) is 0 Å². The summed E-state index contributed by atoms with van der Waals surface area (Å²) < 4.78 is 0. The minimum absolute atomic E-state index is 0.100. The number of thioether (sulfide) groups is 1. The van der Waals surface area contributed by atoms with Gasteiger partial charge in [-0.05, 0) is 45.6 Å². The van der Waals surface area contributed by atoms with Crippen molar-refractivity contribution < 1.29 is 0 Å². The van der Waals surface area contributed by atoms with Gasteiger partial charge in [0.25, 0.3) is 0 Å². The molecule has 4 heteroatoms. The average Bonchev–Trinajstić information content (AvgIpc) is 2.35. The summed E-state index contributed by atoms with van der Waals surface area (Å²) in [6, 6.07) is 6.61. The standard InChI is InChI=1S/C16H27ClN2S/c1-12(11-20-6)19(5)15-13(8-7-9-14(15)17)10-18-16(2,3)4/h7-9,12,18H,10-11H2,1-6H3. The lowest BCUT2D eigenvalue weighted by Gasteiger charge is -2.30. The van der Waals surface area contributed by atoms with Gasteiger partial charge in [-0.1, -0.05) is 23.7 Å². The fraction of sp³-hybridized carbons (Fsp3) is 0.625. The van der Waals surface area contributed by atoms with E-state index in [1.165, 1.54) is 5.56 Å². The van der Waals surface area contributed by atoms with E-state index in [-0.39, 0.29) is 5.54 Å². The number of benzene rings is 1. The number of nitrogens with one attached hydrogen (secondary N) is 1. The Labute approximate surface area is 133 Å². The molecule has 0 saturated carbocycles. The number of rotatable bonds is 6. The third kappa shape index (κ3) is 5.19. The summed E-state index contributed by atoms with van der Waals surface area (Å²) in [5.74, 6) is 1.09. The number of nitrogens with zero attached hydrogens (tertiary/aromatic N) is 1. The highest BCUT2D eigenvalue weighted by atomic mass is 35.5. The molecule has 0 aliphatic rings. The Morgan fingerprint density at radius 2 is 2.00 bits per heavy atom. The van der Waals surface area contributed by atoms with E-state index in [1.807, 2.05) is 23.9 Å². The Hall–Kier alpha value is -0.380. The van der Waals surface area contributed by atoms with Crippen molar-refractivity contribution in [2.24, 2.45) is 0 Å². The first-order valence-electron chi connectivity index (χ1n) is 7.00. The smallest absolute Gasteiger partial charge is 0.0642 e. The molecule has 1 aromatic rings. The Kier molecular flexibility index (Phi) is 6.70. The van der Waals surface area contributed by atoms with Crippen LogP contribution in [0.15, 0.2) is 18.2 Å². The number of halogens is 1. The van der Waals surface area contributed by atoms with Gasteiger partial charge in [0.05, 0.1) is 10.7 Å². The van der Waals surface area contributed by atoms with Gasteiger partial charge in [-0.2, -0.15) is 11.8 Å². The third-order valence-electron chi connectivity index (χ3n) is 3.30. The molecule has 1 N–H and O–H groups in total. The number of para-hydroxylation sites is 1. The molecule has 2 nitrogen and oxygen atoms in total. The lowest BCUT2D eigenvalue weighted by molar-refractivity contribution is 0.424. The molecule has 1 unspecified atom stereocenters. The third-order valence-corrected chi connectivity index (χ3v) is 4.42. The molecular weight excluding hydrogens is 288 g/mol. The van der Waals surface area contributed by atoms with E-state index < -0.39 is 0 Å². The normalized spacial score (nSPS) is 13.3. The molecular formula is C16H27ClN2S. The average molecular weight is 315 g/mol. The number of hydrogen-bond donors (Lipinski definition) is 1. The van der Waals surface area contributed by atoms with Crippen LogP contribution in [0, 0.1) is 0 Å². The predicted molar refractivity (Wildman–Crippen MR) is 94.3 cm³/mol. The van der Waals surface area contributed by atoms with Crippen LogP contribution in [0.2, 0.25) is 5.02 Å². The van der Waals surface area contributed by atoms with Crippen molar-refractivity contribution >= 4 is 29.1 Å². The van der Waals surface area contributed by atoms with Crippen LogP contribution in [0.4, 0.5) is 5.69 Å². The van der Waals surface area contributed by atoms with Gasteiger partial charge in [-0.15, -0.1) is 0 Å². The molecule has 20 heavy (non-hydrogen) atoms. The largest absolute Gasteiger partial charge is 0.370 e. The fourth-order valence-corrected chi connectivity index (χ4v) is 3.06. The molecule has 0 saturated heterocycles. The van der Waals surface area contributed by atoms with E-state index >= 15 is 0 Å². The molecule has 0 aliphatic carbocycles. The summed E-state index contributed by atoms with van der Waals surface area (Å²) in [4.78, 5) is 2.29. The first-order chi connectivity index (χ1) is 9.26. The van der Waals surface area contributed by atoms with Gasteiger partial charge in [0, 0.05) is 30.9 Å². The maximum atomic E-state index is 6.44. The summed E-state index contributed by atoms with van der Waals surface area (Å²) in [5.41, 5.74) is 2.50. The van der Waals surface area contributed by atoms with Gasteiger partial charge < -0.3 is 10.2 Å². The van der Waals surface area contributed by atoms with Gasteiger partial charge in [-0.3, -0.25) is 0 Å². The van der Waals surface area contributed by atoms with Crippen molar-refractivity contribution in [3.05, 3.63) is 28.8 Å². The second-order valence-corrected chi connectivity index (χ2v) is 7.58. The Morgan fingerprint density at radius 1 is 1.35 bits per heavy atom. The van der Waals surface area contributed by atoms with Crippen molar-refractivity contribution in [1.29, 1.82) is 0 Å². The monoisotopic (exact) mass is 314 g/mol. The highest BCUT2D eigenvalue weighted by molar-refractivity contribution is 7.98. The number of anilines is 1. The molecule has 1 aromatic carbocycles. The minimum Gasteiger partial charge on any atom is -0.370 e. The zero-order chi connectivity index (χ0) is 15.3. The van der Waals surface area contributed by atoms with Crippen LogP contribution in [0.5, 0.6) is 0 Å². The zero-order valence-corrected chi connectivity index (χ0v) is 15.0. The van der Waals surface area contributed by atoms with Crippen molar-refractivity contribution in [1.82, 2.24) is 5.32 Å². The lowest BCUT2D eigenvalue weighted by atomic mass is 10.1. The van der Waals surface area contributed by atoms with Crippen molar-refractivity contribution in [2.45, 2.75) is 45.8 Å². The van der Waals surface area contributed by atoms with Crippen LogP contribution in [-0.4, -0.2) is 30.6 Å². The van der Waals surface area contributed by atoms with E-state index in [1.54, 1.807) is 0 Å². The molecule has 0 heterocycles. The maximum Gasteiger partial charge on any atom is 0.0642 e. The van der Waals surface area contributed by atoms with E-state index in [0.717, 1.165) is 23.0 Å². The SMILES string of the molecule is CSCC(C)N(C)c1c(Cl)cccc1CNC(C)(C)C. The molecule has 114 valence electrons. The molecule has 0 fully saturated rings. The predicted octanol–water partition coefficient (Wildman–Crippen LogP) is 4.42. The maximum absolute atomic E-state index is 6.44. The van der Waals surface area contributed by atoms with Gasteiger partial charge in [0.2, 0.25) is 0 Å². The molecule has 0 aliphatic heterocycles. The zero-order valence-electron chi connectivity index (χ0n) is 13.5. The first-order valence-corrected chi connectivity index (χ1v) is 8.77. The summed E-state index contributed by atoms with van der Waals surface area (Å²) in [6.07, 6.45) is 2.14. The van der Waals surface area contributed by atoms with E-state index in [4.69, 9.17) is 11.6 Å². The Bertz CT molecular complexity index is 429. The highest BCUT2D eigenvalue weighted by Gasteiger charge is 2.17. The summed E-state index contributed by atoms with van der Waals surface area (Å²) in [5, 5.41) is 4.37. The topological polar surface area (TPSA) is 15.3 Å². The van der Waals surface area contributed by atoms with Crippen molar-refractivity contribution in [3.8, 4) is 0 Å². The molecule has 1 rings (SSSR count). The van der Waals surface area contributed by atoms with Gasteiger partial charge in [0.1, 0.15) is 0 Å². The van der Waals surface area contributed by atoms with Crippen LogP contribution in [0.25, 0.3) is 0 Å². The van der Waals surface area contributed by atoms with Crippen LogP contribution < -0.4 is 10.2 Å². The van der Waals surface area contributed by atoms with Gasteiger partial charge in [0.15, 0.2) is 0 Å². The molecule has 0 amide bonds. The van der Waals surface area contributed by atoms with Gasteiger partial charge >= 0.3 is 0 Å². The minimum atomic E-state index is 0.100. The molecule has 0 radical (unpaired) electrons. The lowest BCUT2D eigenvalue weighted by Crippen LogP contribution is -2.36. The second kappa shape index (κ2) is 7.58. The number of hydrogen-bond acceptors (Lipinski definition) is 3. The quantitative estimate of drug-likeness (QED) is 0.837. The Balaban J connectivity index is 2.98. The summed E-state index contributed by atoms with van der Waals surface area (Å²) >= 11 is 8.30. The van der Waals surface area contributed by atoms with Crippen LogP contribution in [-0.2, 0) is 6.54 Å². The molecule has 0 aromatic heterocycles. The van der Waals surface area contributed by atoms with Crippen molar-refractivity contribution in [2.75, 3.05) is 24.0 Å². The first kappa shape index (κ1) is 17.7. The second-order valence-electron chi connectivity index (χ2n) is 6.27. The molecule has 0 spiro atoms. The summed E-state index contributed by atoms with van der Waals surface area (Å²) in [6.45, 7) is 9.60. The molecule has 0 bridgehead atoms.